The number of benzene rings is 2. The first-order valence-corrected chi connectivity index (χ1v) is 4.96. The van der Waals surface area contributed by atoms with E-state index < -0.39 is 0 Å². The largest absolute Gasteiger partial charge is 0.597 e. The molecule has 0 N–H and O–H groups in total. The molecule has 0 aliphatic heterocycles. The van der Waals surface area contributed by atoms with E-state index in [0.717, 1.165) is 16.3 Å². The van der Waals surface area contributed by atoms with Gasteiger partial charge in [-0.25, -0.2) is 0 Å². The highest BCUT2D eigenvalue weighted by Crippen LogP contribution is 2.18. The maximum absolute atomic E-state index is 11.3. The molecule has 16 heavy (non-hydrogen) atoms. The molecule has 0 amide bonds. The van der Waals surface area contributed by atoms with Crippen LogP contribution in [0, 0.1) is 5.21 Å². The molecule has 0 aliphatic rings. The average Bonchev–Trinajstić information content (AvgIpc) is 2.30. The predicted octanol–water partition coefficient (Wildman–Crippen LogP) is 2.86. The zero-order valence-electron chi connectivity index (χ0n) is 8.96. The smallest absolute Gasteiger partial charge is 0.209 e. The fourth-order valence-electron chi connectivity index (χ4n) is 1.70. The number of hydroxylamine groups is 1. The van der Waals surface area contributed by atoms with Gasteiger partial charge in [0.05, 0.1) is 0 Å². The second-order valence-electron chi connectivity index (χ2n) is 3.41. The zero-order chi connectivity index (χ0) is 11.4. The number of hydrogen-bond acceptors (Lipinski definition) is 3. The SMILES string of the molecule is CO/N=[N+](\[O-])Cc1cccc2ccccc12. The third-order valence-electron chi connectivity index (χ3n) is 2.36. The molecular formula is C12H12N2O2. The monoisotopic (exact) mass is 216 g/mol. The third-order valence-corrected chi connectivity index (χ3v) is 2.36. The van der Waals surface area contributed by atoms with Crippen molar-refractivity contribution >= 4 is 10.8 Å². The summed E-state index contributed by atoms with van der Waals surface area (Å²) in [6.45, 7) is 0.190. The van der Waals surface area contributed by atoms with Crippen molar-refractivity contribution in [2.45, 2.75) is 6.54 Å². The van der Waals surface area contributed by atoms with Gasteiger partial charge in [-0.3, -0.25) is 0 Å². The van der Waals surface area contributed by atoms with Gasteiger partial charge >= 0.3 is 0 Å². The van der Waals surface area contributed by atoms with Crippen LogP contribution in [-0.2, 0) is 11.4 Å². The first-order chi connectivity index (χ1) is 7.81. The van der Waals surface area contributed by atoms with Crippen LogP contribution in [0.5, 0.6) is 0 Å². The van der Waals surface area contributed by atoms with Crippen molar-refractivity contribution in [2.75, 3.05) is 7.11 Å². The van der Waals surface area contributed by atoms with Gasteiger partial charge in [0.1, 0.15) is 7.11 Å². The van der Waals surface area contributed by atoms with Gasteiger partial charge in [-0.2, -0.15) is 0 Å². The van der Waals surface area contributed by atoms with Crippen LogP contribution in [0.15, 0.2) is 47.7 Å². The van der Waals surface area contributed by atoms with Crippen molar-refractivity contribution in [1.82, 2.24) is 0 Å². The highest BCUT2D eigenvalue weighted by atomic mass is 16.7. The molecule has 4 nitrogen and oxygen atoms in total. The summed E-state index contributed by atoms with van der Waals surface area (Å²) >= 11 is 0. The fourth-order valence-corrected chi connectivity index (χ4v) is 1.70. The Labute approximate surface area is 93.3 Å². The minimum Gasteiger partial charge on any atom is -0.597 e. The lowest BCUT2D eigenvalue weighted by Gasteiger charge is -2.04. The molecule has 0 saturated carbocycles. The van der Waals surface area contributed by atoms with Gasteiger partial charge < -0.3 is 10.0 Å². The number of hydrogen-bond donors (Lipinski definition) is 0. The summed E-state index contributed by atoms with van der Waals surface area (Å²) in [6.07, 6.45) is 0. The summed E-state index contributed by atoms with van der Waals surface area (Å²) in [6, 6.07) is 13.8. The van der Waals surface area contributed by atoms with Crippen LogP contribution >= 0.6 is 0 Å². The first kappa shape index (κ1) is 10.4. The van der Waals surface area contributed by atoms with Gasteiger partial charge in [-0.05, 0) is 10.8 Å². The highest BCUT2D eigenvalue weighted by molar-refractivity contribution is 5.85. The topological polar surface area (TPSA) is 47.7 Å². The molecule has 0 fully saturated rings. The van der Waals surface area contributed by atoms with Crippen LogP contribution in [0.4, 0.5) is 0 Å². The molecule has 0 radical (unpaired) electrons. The molecule has 0 aliphatic carbocycles. The Kier molecular flexibility index (Phi) is 3.00. The molecule has 4 heteroatoms. The van der Waals surface area contributed by atoms with E-state index in [0.29, 0.717) is 4.86 Å². The molecule has 0 spiro atoms. The lowest BCUT2D eigenvalue weighted by atomic mass is 10.1. The summed E-state index contributed by atoms with van der Waals surface area (Å²) < 4.78 is 0. The van der Waals surface area contributed by atoms with E-state index in [1.165, 1.54) is 7.11 Å². The van der Waals surface area contributed by atoms with Crippen molar-refractivity contribution in [2.24, 2.45) is 5.28 Å². The molecule has 0 saturated heterocycles. The maximum atomic E-state index is 11.3. The van der Waals surface area contributed by atoms with Crippen molar-refractivity contribution in [3.05, 3.63) is 53.2 Å². The molecular weight excluding hydrogens is 204 g/mol. The van der Waals surface area contributed by atoms with Gasteiger partial charge in [0.2, 0.25) is 6.54 Å². The van der Waals surface area contributed by atoms with Gasteiger partial charge in [0.25, 0.3) is 0 Å². The minimum absolute atomic E-state index is 0.190. The molecule has 2 rings (SSSR count). The van der Waals surface area contributed by atoms with Crippen LogP contribution in [0.2, 0.25) is 0 Å². The summed E-state index contributed by atoms with van der Waals surface area (Å²) in [7, 11) is 1.36. The zero-order valence-corrected chi connectivity index (χ0v) is 8.96. The minimum atomic E-state index is 0.190. The van der Waals surface area contributed by atoms with E-state index in [1.54, 1.807) is 0 Å². The summed E-state index contributed by atoms with van der Waals surface area (Å²) in [5, 5.41) is 16.8. The summed E-state index contributed by atoms with van der Waals surface area (Å²) in [4.78, 5) is 4.96. The van der Waals surface area contributed by atoms with E-state index in [2.05, 4.69) is 10.1 Å². The van der Waals surface area contributed by atoms with Crippen molar-refractivity contribution < 1.29 is 9.70 Å². The molecule has 0 heterocycles. The molecule has 0 atom stereocenters. The number of nitrogens with zero attached hydrogens (tertiary/aromatic N) is 2. The Morgan fingerprint density at radius 1 is 1.19 bits per heavy atom. The highest BCUT2D eigenvalue weighted by Gasteiger charge is 2.05. The number of fused-ring (bicyclic) bond motifs is 1. The standard InChI is InChI=1S/C12H12N2O2/c1-16-13-14(15)9-11-7-4-6-10-5-2-3-8-12(10)11/h2-8H,9H2,1H3/b14-13-. The van der Waals surface area contributed by atoms with Crippen molar-refractivity contribution in [3.8, 4) is 0 Å². The fraction of sp³-hybridized carbons (Fsp3) is 0.167. The average molecular weight is 216 g/mol. The van der Waals surface area contributed by atoms with E-state index in [1.807, 2.05) is 42.5 Å². The second kappa shape index (κ2) is 4.61. The Balaban J connectivity index is 2.41. The quantitative estimate of drug-likeness (QED) is 0.450. The van der Waals surface area contributed by atoms with Crippen LogP contribution < -0.4 is 0 Å². The summed E-state index contributed by atoms with van der Waals surface area (Å²) in [5.41, 5.74) is 0.939. The first-order valence-electron chi connectivity index (χ1n) is 4.96. The van der Waals surface area contributed by atoms with E-state index in [4.69, 9.17) is 0 Å². The molecule has 0 unspecified atom stereocenters. The second-order valence-corrected chi connectivity index (χ2v) is 3.41. The third kappa shape index (κ3) is 2.11. The Morgan fingerprint density at radius 2 is 1.94 bits per heavy atom. The van der Waals surface area contributed by atoms with Crippen molar-refractivity contribution in [3.63, 3.8) is 0 Å². The molecule has 0 aromatic heterocycles. The van der Waals surface area contributed by atoms with Gasteiger partial charge in [-0.1, -0.05) is 47.3 Å². The van der Waals surface area contributed by atoms with Crippen LogP contribution in [0.3, 0.4) is 0 Å². The van der Waals surface area contributed by atoms with E-state index in [-0.39, 0.29) is 6.54 Å². The Morgan fingerprint density at radius 3 is 2.75 bits per heavy atom. The Hall–Kier alpha value is -2.10. The molecule has 82 valence electrons. The lowest BCUT2D eigenvalue weighted by Crippen LogP contribution is -2.01. The van der Waals surface area contributed by atoms with Crippen LogP contribution in [0.25, 0.3) is 10.8 Å². The maximum Gasteiger partial charge on any atom is 0.209 e. The van der Waals surface area contributed by atoms with Gasteiger partial charge in [0, 0.05) is 5.56 Å². The molecule has 2 aromatic rings. The van der Waals surface area contributed by atoms with Crippen LogP contribution in [0.1, 0.15) is 5.56 Å². The molecule has 2 aromatic carbocycles. The predicted molar refractivity (Wildman–Crippen MR) is 60.7 cm³/mol. The van der Waals surface area contributed by atoms with E-state index >= 15 is 0 Å². The normalized spacial score (nSPS) is 11.7. The Bertz CT molecular complexity index is 518. The lowest BCUT2D eigenvalue weighted by molar-refractivity contribution is -0.572. The summed E-state index contributed by atoms with van der Waals surface area (Å²) in [5.74, 6) is 0. The van der Waals surface area contributed by atoms with E-state index in [9.17, 15) is 5.21 Å². The number of rotatable bonds is 3. The van der Waals surface area contributed by atoms with Gasteiger partial charge in [0.15, 0.2) is 5.28 Å². The van der Waals surface area contributed by atoms with Crippen molar-refractivity contribution in [1.29, 1.82) is 0 Å². The van der Waals surface area contributed by atoms with Crippen LogP contribution in [-0.4, -0.2) is 12.0 Å². The van der Waals surface area contributed by atoms with Gasteiger partial charge in [-0.15, -0.1) is 0 Å². The molecule has 0 bridgehead atoms.